The number of para-hydroxylation sites is 2. The smallest absolute Gasteiger partial charge is 0.265 e. The fraction of sp³-hybridized carbons (Fsp3) is 0.185. The Balaban J connectivity index is 1.46. The molecule has 0 radical (unpaired) electrons. The van der Waals surface area contributed by atoms with Gasteiger partial charge in [-0.05, 0) is 43.3 Å². The number of nitrogens with one attached hydrogen (secondary N) is 1. The number of halogens is 1. The minimum Gasteiger partial charge on any atom is -0.370 e. The largest absolute Gasteiger partial charge is 0.370 e. The molecule has 34 heavy (non-hydrogen) atoms. The zero-order valence-electron chi connectivity index (χ0n) is 18.9. The van der Waals surface area contributed by atoms with E-state index in [0.29, 0.717) is 29.2 Å². The lowest BCUT2D eigenvalue weighted by atomic mass is 10.2. The zero-order valence-corrected chi connectivity index (χ0v) is 19.7. The normalized spacial score (nSPS) is 14.1. The van der Waals surface area contributed by atoms with Crippen molar-refractivity contribution >= 4 is 41.0 Å². The maximum Gasteiger partial charge on any atom is 0.265 e. The van der Waals surface area contributed by atoms with E-state index in [-0.39, 0.29) is 18.4 Å². The Morgan fingerprint density at radius 3 is 2.50 bits per heavy atom. The van der Waals surface area contributed by atoms with Gasteiger partial charge in [-0.15, -0.1) is 0 Å². The quantitative estimate of drug-likeness (QED) is 0.469. The second kappa shape index (κ2) is 11.0. The molecule has 3 aromatic rings. The highest BCUT2D eigenvalue weighted by Gasteiger charge is 2.30. The van der Waals surface area contributed by atoms with Gasteiger partial charge in [-0.25, -0.2) is 4.39 Å². The Hall–Kier alpha value is -3.58. The van der Waals surface area contributed by atoms with Crippen molar-refractivity contribution in [3.05, 3.63) is 95.1 Å². The van der Waals surface area contributed by atoms with E-state index in [1.807, 2.05) is 54.6 Å². The Bertz CT molecular complexity index is 1200. The molecule has 0 aromatic heterocycles. The minimum atomic E-state index is -0.398. The third-order valence-electron chi connectivity index (χ3n) is 5.53. The van der Waals surface area contributed by atoms with Gasteiger partial charge in [0.2, 0.25) is 5.91 Å². The van der Waals surface area contributed by atoms with E-state index in [9.17, 15) is 14.0 Å². The van der Waals surface area contributed by atoms with E-state index >= 15 is 0 Å². The van der Waals surface area contributed by atoms with E-state index in [0.717, 1.165) is 17.1 Å². The number of hydrogen-bond acceptors (Lipinski definition) is 4. The van der Waals surface area contributed by atoms with Gasteiger partial charge in [0.05, 0.1) is 10.6 Å². The molecule has 3 aromatic carbocycles. The van der Waals surface area contributed by atoms with Crippen molar-refractivity contribution in [3.63, 3.8) is 0 Å². The molecule has 0 saturated carbocycles. The van der Waals surface area contributed by atoms with Crippen molar-refractivity contribution in [2.45, 2.75) is 11.8 Å². The number of hydrogen-bond donors (Lipinski definition) is 1. The number of amides is 2. The molecule has 1 aliphatic rings. The molecule has 1 aliphatic heterocycles. The monoisotopic (exact) mass is 475 g/mol. The van der Waals surface area contributed by atoms with Gasteiger partial charge in [-0.3, -0.25) is 14.5 Å². The third-order valence-corrected chi connectivity index (χ3v) is 6.61. The van der Waals surface area contributed by atoms with Crippen LogP contribution in [-0.4, -0.2) is 38.0 Å². The molecule has 4 rings (SSSR count). The van der Waals surface area contributed by atoms with E-state index in [1.54, 1.807) is 24.3 Å². The first-order valence-electron chi connectivity index (χ1n) is 11.2. The lowest BCUT2D eigenvalue weighted by Crippen LogP contribution is -2.44. The van der Waals surface area contributed by atoms with Gasteiger partial charge in [0.15, 0.2) is 0 Å². The SMILES string of the molecule is CCN(CCNC(=O)CN1C(=O)/C(=C/c2ccccc2F)Sc2ccccc21)c1ccccc1. The van der Waals surface area contributed by atoms with Gasteiger partial charge in [0.1, 0.15) is 12.4 Å². The third kappa shape index (κ3) is 5.48. The van der Waals surface area contributed by atoms with Crippen LogP contribution in [0.1, 0.15) is 12.5 Å². The Morgan fingerprint density at radius 1 is 1.03 bits per heavy atom. The van der Waals surface area contributed by atoms with Gasteiger partial charge in [-0.1, -0.05) is 60.3 Å². The molecule has 0 saturated heterocycles. The maximum absolute atomic E-state index is 14.2. The topological polar surface area (TPSA) is 52.7 Å². The summed E-state index contributed by atoms with van der Waals surface area (Å²) in [6.07, 6.45) is 1.54. The van der Waals surface area contributed by atoms with Crippen LogP contribution in [0.25, 0.3) is 6.08 Å². The minimum absolute atomic E-state index is 0.109. The first-order chi connectivity index (χ1) is 16.6. The van der Waals surface area contributed by atoms with Crippen LogP contribution in [0.5, 0.6) is 0 Å². The van der Waals surface area contributed by atoms with Crippen molar-refractivity contribution < 1.29 is 14.0 Å². The van der Waals surface area contributed by atoms with Gasteiger partial charge in [0, 0.05) is 35.8 Å². The second-order valence-electron chi connectivity index (χ2n) is 7.76. The number of carbonyl (C=O) groups excluding carboxylic acids is 2. The highest BCUT2D eigenvalue weighted by atomic mass is 32.2. The van der Waals surface area contributed by atoms with Crippen LogP contribution < -0.4 is 15.1 Å². The lowest BCUT2D eigenvalue weighted by molar-refractivity contribution is -0.122. The zero-order chi connectivity index (χ0) is 23.9. The number of nitrogens with zero attached hydrogens (tertiary/aromatic N) is 2. The fourth-order valence-electron chi connectivity index (χ4n) is 3.79. The summed E-state index contributed by atoms with van der Waals surface area (Å²) >= 11 is 1.29. The van der Waals surface area contributed by atoms with Crippen LogP contribution in [0, 0.1) is 5.82 Å². The number of rotatable bonds is 8. The van der Waals surface area contributed by atoms with Crippen molar-refractivity contribution in [1.29, 1.82) is 0 Å². The summed E-state index contributed by atoms with van der Waals surface area (Å²) in [6.45, 7) is 3.89. The predicted molar refractivity (Wildman–Crippen MR) is 136 cm³/mol. The van der Waals surface area contributed by atoms with Gasteiger partial charge < -0.3 is 10.2 Å². The van der Waals surface area contributed by atoms with Gasteiger partial charge >= 0.3 is 0 Å². The summed E-state index contributed by atoms with van der Waals surface area (Å²) in [5, 5.41) is 2.93. The van der Waals surface area contributed by atoms with Gasteiger partial charge in [0.25, 0.3) is 5.91 Å². The number of thioether (sulfide) groups is 1. The van der Waals surface area contributed by atoms with E-state index < -0.39 is 5.82 Å². The van der Waals surface area contributed by atoms with Crippen LogP contribution in [-0.2, 0) is 9.59 Å². The van der Waals surface area contributed by atoms with Gasteiger partial charge in [-0.2, -0.15) is 0 Å². The molecule has 2 amide bonds. The van der Waals surface area contributed by atoms with E-state index in [1.165, 1.54) is 22.7 Å². The number of likely N-dealkylation sites (N-methyl/N-ethyl adjacent to an activating group) is 1. The van der Waals surface area contributed by atoms with E-state index in [4.69, 9.17) is 0 Å². The molecular formula is C27H26FN3O2S. The molecule has 0 aliphatic carbocycles. The number of fused-ring (bicyclic) bond motifs is 1. The van der Waals surface area contributed by atoms with E-state index in [2.05, 4.69) is 17.1 Å². The summed E-state index contributed by atoms with van der Waals surface area (Å²) in [5.74, 6) is -0.962. The standard InChI is InChI=1S/C27H26FN3O2S/c1-2-30(21-11-4-3-5-12-21)17-16-29-26(32)19-31-23-14-8-9-15-24(23)34-25(27(31)33)18-20-10-6-7-13-22(20)28/h3-15,18H,2,16-17,19H2,1H3,(H,29,32)/b25-18-. The molecule has 174 valence electrons. The van der Waals surface area contributed by atoms with Crippen LogP contribution in [0.2, 0.25) is 0 Å². The highest BCUT2D eigenvalue weighted by Crippen LogP contribution is 2.42. The van der Waals surface area contributed by atoms with Crippen LogP contribution in [0.3, 0.4) is 0 Å². The average Bonchev–Trinajstić information content (AvgIpc) is 2.86. The molecular weight excluding hydrogens is 449 g/mol. The molecule has 1 N–H and O–H groups in total. The molecule has 1 heterocycles. The molecule has 0 atom stereocenters. The lowest BCUT2D eigenvalue weighted by Gasteiger charge is -2.30. The number of benzene rings is 3. The first-order valence-corrected chi connectivity index (χ1v) is 12.0. The summed E-state index contributed by atoms with van der Waals surface area (Å²) in [4.78, 5) is 30.9. The maximum atomic E-state index is 14.2. The van der Waals surface area contributed by atoms with Crippen LogP contribution in [0.4, 0.5) is 15.8 Å². The molecule has 0 unspecified atom stereocenters. The van der Waals surface area contributed by atoms with Crippen LogP contribution in [0.15, 0.2) is 88.7 Å². The predicted octanol–water partition coefficient (Wildman–Crippen LogP) is 4.95. The highest BCUT2D eigenvalue weighted by molar-refractivity contribution is 8.04. The summed E-state index contributed by atoms with van der Waals surface area (Å²) in [6, 6.07) is 23.8. The number of carbonyl (C=O) groups is 2. The Labute approximate surface area is 203 Å². The molecule has 7 heteroatoms. The molecule has 0 fully saturated rings. The van der Waals surface area contributed by atoms with Crippen molar-refractivity contribution in [1.82, 2.24) is 5.32 Å². The summed E-state index contributed by atoms with van der Waals surface area (Å²) in [5.41, 5.74) is 2.11. The second-order valence-corrected chi connectivity index (χ2v) is 8.84. The van der Waals surface area contributed by atoms with Crippen molar-refractivity contribution in [2.24, 2.45) is 0 Å². The van der Waals surface area contributed by atoms with Crippen LogP contribution >= 0.6 is 11.8 Å². The molecule has 5 nitrogen and oxygen atoms in total. The van der Waals surface area contributed by atoms with Crippen molar-refractivity contribution in [2.75, 3.05) is 36.0 Å². The fourth-order valence-corrected chi connectivity index (χ4v) is 4.84. The average molecular weight is 476 g/mol. The first kappa shape index (κ1) is 23.6. The molecule has 0 spiro atoms. The Kier molecular flexibility index (Phi) is 7.65. The number of anilines is 2. The summed E-state index contributed by atoms with van der Waals surface area (Å²) < 4.78 is 14.2. The van der Waals surface area contributed by atoms with Crippen molar-refractivity contribution in [3.8, 4) is 0 Å². The molecule has 0 bridgehead atoms. The summed E-state index contributed by atoms with van der Waals surface area (Å²) in [7, 11) is 0. The Morgan fingerprint density at radius 2 is 1.74 bits per heavy atom.